The van der Waals surface area contributed by atoms with Crippen LogP contribution in [0, 0.1) is 3.57 Å². The molecule has 2 rings (SSSR count). The molecule has 0 radical (unpaired) electrons. The second-order valence-corrected chi connectivity index (χ2v) is 4.42. The van der Waals surface area contributed by atoms with Crippen molar-refractivity contribution in [3.63, 3.8) is 0 Å². The molecular formula is C12H9IN2O. The Hall–Kier alpha value is -1.43. The molecule has 0 saturated heterocycles. The SMILES string of the molecule is O/N=C(/c1ccc(I)cc1)c1ccccn1. The summed E-state index contributed by atoms with van der Waals surface area (Å²) in [5, 5.41) is 12.4. The highest BCUT2D eigenvalue weighted by Gasteiger charge is 2.07. The maximum atomic E-state index is 9.05. The number of nitrogens with zero attached hydrogens (tertiary/aromatic N) is 2. The first-order valence-corrected chi connectivity index (χ1v) is 5.78. The van der Waals surface area contributed by atoms with Gasteiger partial charge in [-0.3, -0.25) is 4.98 Å². The van der Waals surface area contributed by atoms with Crippen LogP contribution in [0.4, 0.5) is 0 Å². The lowest BCUT2D eigenvalue weighted by Crippen LogP contribution is -2.05. The molecule has 2 aromatic rings. The zero-order valence-electron chi connectivity index (χ0n) is 8.34. The third-order valence-corrected chi connectivity index (χ3v) is 2.84. The molecule has 0 aliphatic rings. The Bertz CT molecular complexity index is 494. The molecular weight excluding hydrogens is 315 g/mol. The summed E-state index contributed by atoms with van der Waals surface area (Å²) < 4.78 is 1.14. The molecule has 0 bridgehead atoms. The van der Waals surface area contributed by atoms with Gasteiger partial charge in [0.15, 0.2) is 0 Å². The van der Waals surface area contributed by atoms with Crippen molar-refractivity contribution in [1.82, 2.24) is 4.98 Å². The van der Waals surface area contributed by atoms with Crippen molar-refractivity contribution in [2.45, 2.75) is 0 Å². The lowest BCUT2D eigenvalue weighted by molar-refractivity contribution is 0.319. The normalized spacial score (nSPS) is 11.4. The number of halogens is 1. The maximum absolute atomic E-state index is 9.05. The number of hydrogen-bond donors (Lipinski definition) is 1. The first-order valence-electron chi connectivity index (χ1n) is 4.70. The van der Waals surface area contributed by atoms with Gasteiger partial charge in [0.2, 0.25) is 0 Å². The van der Waals surface area contributed by atoms with Gasteiger partial charge in [-0.25, -0.2) is 0 Å². The zero-order valence-corrected chi connectivity index (χ0v) is 10.5. The first kappa shape index (κ1) is 11.1. The summed E-state index contributed by atoms with van der Waals surface area (Å²) in [5.74, 6) is 0. The monoisotopic (exact) mass is 324 g/mol. The Morgan fingerprint density at radius 3 is 2.44 bits per heavy atom. The van der Waals surface area contributed by atoms with Crippen LogP contribution in [0.1, 0.15) is 11.3 Å². The molecule has 1 aromatic heterocycles. The minimum Gasteiger partial charge on any atom is -0.410 e. The zero-order chi connectivity index (χ0) is 11.4. The average Bonchev–Trinajstić information content (AvgIpc) is 2.34. The van der Waals surface area contributed by atoms with Crippen LogP contribution in [0.5, 0.6) is 0 Å². The smallest absolute Gasteiger partial charge is 0.135 e. The molecule has 0 aliphatic carbocycles. The fraction of sp³-hybridized carbons (Fsp3) is 0. The quantitative estimate of drug-likeness (QED) is 0.400. The number of aromatic nitrogens is 1. The maximum Gasteiger partial charge on any atom is 0.135 e. The van der Waals surface area contributed by atoms with E-state index in [2.05, 4.69) is 32.7 Å². The van der Waals surface area contributed by atoms with Crippen molar-refractivity contribution in [3.05, 3.63) is 63.5 Å². The van der Waals surface area contributed by atoms with Crippen LogP contribution in [0.15, 0.2) is 53.8 Å². The fourth-order valence-corrected chi connectivity index (χ4v) is 1.73. The molecule has 0 aliphatic heterocycles. The van der Waals surface area contributed by atoms with Crippen LogP contribution in [-0.4, -0.2) is 15.9 Å². The van der Waals surface area contributed by atoms with Gasteiger partial charge in [-0.1, -0.05) is 23.4 Å². The molecule has 0 amide bonds. The van der Waals surface area contributed by atoms with E-state index in [0.29, 0.717) is 11.4 Å². The van der Waals surface area contributed by atoms with Crippen molar-refractivity contribution < 1.29 is 5.21 Å². The van der Waals surface area contributed by atoms with Gasteiger partial charge in [-0.05, 0) is 46.9 Å². The van der Waals surface area contributed by atoms with E-state index < -0.39 is 0 Å². The summed E-state index contributed by atoms with van der Waals surface area (Å²) in [6.07, 6.45) is 1.67. The lowest BCUT2D eigenvalue weighted by atomic mass is 10.1. The van der Waals surface area contributed by atoms with Gasteiger partial charge in [0.05, 0.1) is 5.69 Å². The van der Waals surface area contributed by atoms with Gasteiger partial charge in [0.25, 0.3) is 0 Å². The van der Waals surface area contributed by atoms with Crippen molar-refractivity contribution in [1.29, 1.82) is 0 Å². The minimum atomic E-state index is 0.483. The van der Waals surface area contributed by atoms with Gasteiger partial charge in [-0.15, -0.1) is 0 Å². The summed E-state index contributed by atoms with van der Waals surface area (Å²) in [5.41, 5.74) is 1.99. The molecule has 1 N–H and O–H groups in total. The second kappa shape index (κ2) is 5.07. The highest BCUT2D eigenvalue weighted by molar-refractivity contribution is 14.1. The Balaban J connectivity index is 2.42. The molecule has 80 valence electrons. The molecule has 0 saturated carbocycles. The largest absolute Gasteiger partial charge is 0.410 e. The molecule has 1 heterocycles. The third kappa shape index (κ3) is 2.38. The van der Waals surface area contributed by atoms with Crippen molar-refractivity contribution in [2.75, 3.05) is 0 Å². The number of hydrogen-bond acceptors (Lipinski definition) is 3. The second-order valence-electron chi connectivity index (χ2n) is 3.17. The van der Waals surface area contributed by atoms with E-state index in [-0.39, 0.29) is 0 Å². The van der Waals surface area contributed by atoms with Crippen LogP contribution in [0.2, 0.25) is 0 Å². The van der Waals surface area contributed by atoms with Gasteiger partial charge in [0.1, 0.15) is 5.71 Å². The Morgan fingerprint density at radius 1 is 1.12 bits per heavy atom. The van der Waals surface area contributed by atoms with Crippen molar-refractivity contribution >= 4 is 28.3 Å². The van der Waals surface area contributed by atoms with Gasteiger partial charge < -0.3 is 5.21 Å². The van der Waals surface area contributed by atoms with E-state index >= 15 is 0 Å². The third-order valence-electron chi connectivity index (χ3n) is 2.13. The summed E-state index contributed by atoms with van der Waals surface area (Å²) in [6, 6.07) is 13.2. The Kier molecular flexibility index (Phi) is 3.51. The molecule has 0 unspecified atom stereocenters. The first-order chi connectivity index (χ1) is 7.81. The molecule has 0 fully saturated rings. The number of rotatable bonds is 2. The average molecular weight is 324 g/mol. The van der Waals surface area contributed by atoms with E-state index in [9.17, 15) is 0 Å². The van der Waals surface area contributed by atoms with E-state index in [1.54, 1.807) is 6.20 Å². The van der Waals surface area contributed by atoms with E-state index in [1.165, 1.54) is 0 Å². The Morgan fingerprint density at radius 2 is 1.88 bits per heavy atom. The molecule has 3 nitrogen and oxygen atoms in total. The van der Waals surface area contributed by atoms with E-state index in [0.717, 1.165) is 9.13 Å². The highest BCUT2D eigenvalue weighted by Crippen LogP contribution is 2.11. The topological polar surface area (TPSA) is 45.5 Å². The van der Waals surface area contributed by atoms with Gasteiger partial charge >= 0.3 is 0 Å². The number of pyridine rings is 1. The van der Waals surface area contributed by atoms with Crippen molar-refractivity contribution in [2.24, 2.45) is 5.16 Å². The van der Waals surface area contributed by atoms with Crippen LogP contribution >= 0.6 is 22.6 Å². The van der Waals surface area contributed by atoms with Crippen LogP contribution in [-0.2, 0) is 0 Å². The van der Waals surface area contributed by atoms with Crippen LogP contribution < -0.4 is 0 Å². The predicted molar refractivity (Wildman–Crippen MR) is 70.8 cm³/mol. The number of benzene rings is 1. The van der Waals surface area contributed by atoms with Gasteiger partial charge in [0, 0.05) is 15.3 Å². The summed E-state index contributed by atoms with van der Waals surface area (Å²) in [7, 11) is 0. The molecule has 0 atom stereocenters. The fourth-order valence-electron chi connectivity index (χ4n) is 1.37. The summed E-state index contributed by atoms with van der Waals surface area (Å²) in [4.78, 5) is 4.16. The molecule has 16 heavy (non-hydrogen) atoms. The lowest BCUT2D eigenvalue weighted by Gasteiger charge is -2.03. The molecule has 4 heteroatoms. The van der Waals surface area contributed by atoms with E-state index in [1.807, 2.05) is 42.5 Å². The summed E-state index contributed by atoms with van der Waals surface area (Å²) in [6.45, 7) is 0. The molecule has 1 aromatic carbocycles. The van der Waals surface area contributed by atoms with E-state index in [4.69, 9.17) is 5.21 Å². The highest BCUT2D eigenvalue weighted by atomic mass is 127. The Labute approximate surface area is 107 Å². The minimum absolute atomic E-state index is 0.483. The van der Waals surface area contributed by atoms with Crippen LogP contribution in [0.3, 0.4) is 0 Å². The number of oxime groups is 1. The summed E-state index contributed by atoms with van der Waals surface area (Å²) >= 11 is 2.23. The van der Waals surface area contributed by atoms with Gasteiger partial charge in [-0.2, -0.15) is 0 Å². The standard InChI is InChI=1S/C12H9IN2O/c13-10-6-4-9(5-7-10)12(15-16)11-3-1-2-8-14-11/h1-8,16H/b15-12-. The van der Waals surface area contributed by atoms with Crippen molar-refractivity contribution in [3.8, 4) is 0 Å². The molecule has 0 spiro atoms. The predicted octanol–water partition coefficient (Wildman–Crippen LogP) is 2.91. The van der Waals surface area contributed by atoms with Crippen LogP contribution in [0.25, 0.3) is 0 Å².